The van der Waals surface area contributed by atoms with Crippen LogP contribution in [-0.4, -0.2) is 18.6 Å². The molecule has 18 heavy (non-hydrogen) atoms. The zero-order valence-electron chi connectivity index (χ0n) is 10.2. The monoisotopic (exact) mass is 265 g/mol. The molecule has 1 aromatic heterocycles. The minimum absolute atomic E-state index is 0.238. The van der Waals surface area contributed by atoms with Crippen LogP contribution in [0.4, 0.5) is 5.82 Å². The molecule has 0 aliphatic carbocycles. The van der Waals surface area contributed by atoms with Gasteiger partial charge in [-0.2, -0.15) is 5.10 Å². The van der Waals surface area contributed by atoms with Gasteiger partial charge >= 0.3 is 0 Å². The smallest absolute Gasteiger partial charge is 0.263 e. The van der Waals surface area contributed by atoms with Crippen LogP contribution in [0.2, 0.25) is 0 Å². The van der Waals surface area contributed by atoms with Gasteiger partial charge in [-0.1, -0.05) is 26.0 Å². The second-order valence-electron chi connectivity index (χ2n) is 4.30. The van der Waals surface area contributed by atoms with Gasteiger partial charge in [-0.05, 0) is 23.6 Å². The van der Waals surface area contributed by atoms with Gasteiger partial charge in [-0.3, -0.25) is 9.82 Å². The van der Waals surface area contributed by atoms with Gasteiger partial charge in [0.15, 0.2) is 0 Å². The number of hydrogen-bond donors (Lipinski definition) is 2. The average Bonchev–Trinajstić information content (AvgIpc) is 2.81. The summed E-state index contributed by atoms with van der Waals surface area (Å²) in [5.74, 6) is 0.727. The van der Waals surface area contributed by atoms with Crippen molar-refractivity contribution in [2.24, 2.45) is 0 Å². The van der Waals surface area contributed by atoms with Crippen LogP contribution in [0.1, 0.15) is 25.3 Å². The van der Waals surface area contributed by atoms with Gasteiger partial charge in [0.1, 0.15) is 5.82 Å². The van der Waals surface area contributed by atoms with Crippen LogP contribution >= 0.6 is 0 Å². The topological polar surface area (TPSA) is 74.8 Å². The molecule has 0 spiro atoms. The van der Waals surface area contributed by atoms with Crippen LogP contribution in [0.15, 0.2) is 41.4 Å². The maximum absolute atomic E-state index is 12.0. The number of hydrogen-bond acceptors (Lipinski definition) is 3. The standard InChI is InChI=1S/C12H15N3O2S/c1-9(2)10-3-5-11(6-4-10)18(16,17)15-12-7-8-13-14-12/h3-9H,1-2H3,(H2,13,14,15). The van der Waals surface area contributed by atoms with E-state index in [1.54, 1.807) is 18.2 Å². The highest BCUT2D eigenvalue weighted by molar-refractivity contribution is 7.92. The fourth-order valence-corrected chi connectivity index (χ4v) is 2.56. The van der Waals surface area contributed by atoms with Gasteiger partial charge in [-0.25, -0.2) is 8.42 Å². The summed E-state index contributed by atoms with van der Waals surface area (Å²) in [5.41, 5.74) is 1.11. The van der Waals surface area contributed by atoms with Crippen molar-refractivity contribution in [1.29, 1.82) is 0 Å². The highest BCUT2D eigenvalue weighted by Crippen LogP contribution is 2.18. The molecule has 2 rings (SSSR count). The molecule has 1 heterocycles. The lowest BCUT2D eigenvalue weighted by Crippen LogP contribution is -2.13. The summed E-state index contributed by atoms with van der Waals surface area (Å²) in [6.07, 6.45) is 1.49. The van der Waals surface area contributed by atoms with E-state index < -0.39 is 10.0 Å². The zero-order chi connectivity index (χ0) is 13.2. The molecule has 6 heteroatoms. The molecule has 1 aromatic carbocycles. The van der Waals surface area contributed by atoms with E-state index in [4.69, 9.17) is 0 Å². The zero-order valence-corrected chi connectivity index (χ0v) is 11.0. The lowest BCUT2D eigenvalue weighted by molar-refractivity contribution is 0.601. The molecular formula is C12H15N3O2S. The summed E-state index contributed by atoms with van der Waals surface area (Å²) < 4.78 is 26.5. The van der Waals surface area contributed by atoms with Crippen molar-refractivity contribution in [2.45, 2.75) is 24.7 Å². The third kappa shape index (κ3) is 2.70. The minimum Gasteiger partial charge on any atom is -0.264 e. The Bertz CT molecular complexity index is 601. The summed E-state index contributed by atoms with van der Waals surface area (Å²) in [6, 6.07) is 8.42. The van der Waals surface area contributed by atoms with E-state index in [0.29, 0.717) is 11.7 Å². The Morgan fingerprint density at radius 1 is 1.17 bits per heavy atom. The van der Waals surface area contributed by atoms with E-state index in [1.807, 2.05) is 12.1 Å². The first-order valence-electron chi connectivity index (χ1n) is 5.61. The van der Waals surface area contributed by atoms with Crippen LogP contribution in [-0.2, 0) is 10.0 Å². The van der Waals surface area contributed by atoms with Crippen molar-refractivity contribution in [3.8, 4) is 0 Å². The predicted octanol–water partition coefficient (Wildman–Crippen LogP) is 2.33. The van der Waals surface area contributed by atoms with E-state index in [1.165, 1.54) is 6.20 Å². The first-order chi connectivity index (χ1) is 8.49. The number of sulfonamides is 1. The van der Waals surface area contributed by atoms with Crippen molar-refractivity contribution in [3.63, 3.8) is 0 Å². The normalized spacial score (nSPS) is 11.7. The fraction of sp³-hybridized carbons (Fsp3) is 0.250. The third-order valence-corrected chi connectivity index (χ3v) is 3.98. The van der Waals surface area contributed by atoms with Gasteiger partial charge in [0.2, 0.25) is 0 Å². The van der Waals surface area contributed by atoms with Crippen molar-refractivity contribution >= 4 is 15.8 Å². The molecule has 0 radical (unpaired) electrons. The number of rotatable bonds is 4. The number of anilines is 1. The van der Waals surface area contributed by atoms with E-state index in [9.17, 15) is 8.42 Å². The molecule has 0 bridgehead atoms. The molecule has 2 N–H and O–H groups in total. The first-order valence-corrected chi connectivity index (χ1v) is 7.09. The maximum atomic E-state index is 12.0. The highest BCUT2D eigenvalue weighted by Gasteiger charge is 2.14. The Balaban J connectivity index is 2.25. The predicted molar refractivity (Wildman–Crippen MR) is 69.9 cm³/mol. The van der Waals surface area contributed by atoms with Gasteiger partial charge in [0.05, 0.1) is 11.1 Å². The van der Waals surface area contributed by atoms with Crippen molar-refractivity contribution < 1.29 is 8.42 Å². The Hall–Kier alpha value is -1.82. The summed E-state index contributed by atoms with van der Waals surface area (Å²) in [4.78, 5) is 0.238. The van der Waals surface area contributed by atoms with Crippen LogP contribution < -0.4 is 4.72 Å². The molecule has 0 saturated heterocycles. The summed E-state index contributed by atoms with van der Waals surface area (Å²) in [7, 11) is -3.55. The molecule has 0 aliphatic heterocycles. The SMILES string of the molecule is CC(C)c1ccc(S(=O)(=O)Nc2ccn[nH]2)cc1. The van der Waals surface area contributed by atoms with Crippen LogP contribution in [0.5, 0.6) is 0 Å². The van der Waals surface area contributed by atoms with Crippen LogP contribution in [0.3, 0.4) is 0 Å². The van der Waals surface area contributed by atoms with Gasteiger partial charge in [0, 0.05) is 6.07 Å². The highest BCUT2D eigenvalue weighted by atomic mass is 32.2. The lowest BCUT2D eigenvalue weighted by atomic mass is 10.0. The van der Waals surface area contributed by atoms with Crippen molar-refractivity contribution in [1.82, 2.24) is 10.2 Å². The van der Waals surface area contributed by atoms with Crippen LogP contribution in [0, 0.1) is 0 Å². The third-order valence-electron chi connectivity index (χ3n) is 2.60. The number of nitrogens with zero attached hydrogens (tertiary/aromatic N) is 1. The first kappa shape index (κ1) is 12.6. The molecule has 0 atom stereocenters. The molecule has 0 saturated carbocycles. The van der Waals surface area contributed by atoms with Gasteiger partial charge in [0.25, 0.3) is 10.0 Å². The van der Waals surface area contributed by atoms with Crippen molar-refractivity contribution in [2.75, 3.05) is 4.72 Å². The molecule has 0 unspecified atom stereocenters. The van der Waals surface area contributed by atoms with Crippen LogP contribution in [0.25, 0.3) is 0 Å². The van der Waals surface area contributed by atoms with E-state index >= 15 is 0 Å². The fourth-order valence-electron chi connectivity index (χ4n) is 1.55. The van der Waals surface area contributed by atoms with Gasteiger partial charge in [-0.15, -0.1) is 0 Å². The Morgan fingerprint density at radius 2 is 1.83 bits per heavy atom. The summed E-state index contributed by atoms with van der Waals surface area (Å²) in [6.45, 7) is 4.12. The van der Waals surface area contributed by atoms with E-state index in [2.05, 4.69) is 28.8 Å². The molecule has 96 valence electrons. The molecule has 0 fully saturated rings. The molecule has 0 aliphatic rings. The van der Waals surface area contributed by atoms with Crippen molar-refractivity contribution in [3.05, 3.63) is 42.1 Å². The quantitative estimate of drug-likeness (QED) is 0.891. The molecular weight excluding hydrogens is 250 g/mol. The minimum atomic E-state index is -3.55. The van der Waals surface area contributed by atoms with E-state index in [-0.39, 0.29) is 4.90 Å². The Morgan fingerprint density at radius 3 is 2.33 bits per heavy atom. The molecule has 2 aromatic rings. The second-order valence-corrected chi connectivity index (χ2v) is 5.98. The lowest BCUT2D eigenvalue weighted by Gasteiger charge is -2.08. The number of aromatic amines is 1. The molecule has 0 amide bonds. The van der Waals surface area contributed by atoms with E-state index in [0.717, 1.165) is 5.56 Å². The number of nitrogens with one attached hydrogen (secondary N) is 2. The Labute approximate surface area is 106 Å². The average molecular weight is 265 g/mol. The number of benzene rings is 1. The molecule has 5 nitrogen and oxygen atoms in total. The Kier molecular flexibility index (Phi) is 3.38. The number of aromatic nitrogens is 2. The second kappa shape index (κ2) is 4.81. The largest absolute Gasteiger partial charge is 0.264 e. The maximum Gasteiger partial charge on any atom is 0.263 e. The summed E-state index contributed by atoms with van der Waals surface area (Å²) in [5, 5.41) is 6.24. The van der Waals surface area contributed by atoms with Gasteiger partial charge < -0.3 is 0 Å². The summed E-state index contributed by atoms with van der Waals surface area (Å²) >= 11 is 0. The number of H-pyrrole nitrogens is 1.